The molecule has 0 fully saturated rings. The molecule has 0 aromatic rings. The van der Waals surface area contributed by atoms with Gasteiger partial charge in [-0.2, -0.15) is 11.8 Å². The monoisotopic (exact) mass is 120 g/mol. The minimum atomic E-state index is 0.271. The summed E-state index contributed by atoms with van der Waals surface area (Å²) in [5.74, 6) is 0.865. The number of hydrogen-bond acceptors (Lipinski definition) is 3. The van der Waals surface area contributed by atoms with Crippen molar-refractivity contribution in [2.24, 2.45) is 10.9 Å². The maximum Gasteiger partial charge on any atom is 0.149 e. The predicted molar refractivity (Wildman–Crippen MR) is 31.8 cm³/mol. The highest BCUT2D eigenvalue weighted by molar-refractivity contribution is 7.99. The van der Waals surface area contributed by atoms with Crippen LogP contribution in [0.15, 0.2) is 5.16 Å². The molecule has 0 spiro atoms. The molecule has 0 bridgehead atoms. The van der Waals surface area contributed by atoms with Crippen molar-refractivity contribution in [1.82, 2.24) is 0 Å². The third-order valence-electron chi connectivity index (χ3n) is 0.421. The van der Waals surface area contributed by atoms with Gasteiger partial charge in [-0.05, 0) is 6.26 Å². The van der Waals surface area contributed by atoms with Crippen LogP contribution in [0.1, 0.15) is 0 Å². The largest absolute Gasteiger partial charge is 0.409 e. The Labute approximate surface area is 46.6 Å². The Balaban J connectivity index is 3.17. The van der Waals surface area contributed by atoms with E-state index in [1.54, 1.807) is 0 Å². The Morgan fingerprint density at radius 1 is 2.00 bits per heavy atom. The minimum absolute atomic E-state index is 0.271. The third-order valence-corrected chi connectivity index (χ3v) is 1.01. The zero-order valence-electron chi connectivity index (χ0n) is 4.09. The van der Waals surface area contributed by atoms with Gasteiger partial charge < -0.3 is 10.9 Å². The van der Waals surface area contributed by atoms with Crippen molar-refractivity contribution in [1.29, 1.82) is 0 Å². The molecule has 3 nitrogen and oxygen atoms in total. The summed E-state index contributed by atoms with van der Waals surface area (Å²) in [4.78, 5) is 0. The van der Waals surface area contributed by atoms with Crippen LogP contribution < -0.4 is 5.73 Å². The Morgan fingerprint density at radius 3 is 2.71 bits per heavy atom. The number of thioether (sulfide) groups is 1. The van der Waals surface area contributed by atoms with Gasteiger partial charge in [-0.25, -0.2) is 0 Å². The van der Waals surface area contributed by atoms with Crippen molar-refractivity contribution >= 4 is 17.6 Å². The first-order valence-electron chi connectivity index (χ1n) is 1.76. The smallest absolute Gasteiger partial charge is 0.149 e. The predicted octanol–water partition coefficient (Wildman–Crippen LogP) is 0.0958. The number of nitrogens with two attached hydrogens (primary N) is 1. The molecule has 0 amide bonds. The van der Waals surface area contributed by atoms with E-state index >= 15 is 0 Å². The molecule has 0 saturated heterocycles. The van der Waals surface area contributed by atoms with E-state index in [-0.39, 0.29) is 5.84 Å². The Hall–Kier alpha value is -0.380. The molecule has 0 aromatic heterocycles. The maximum absolute atomic E-state index is 7.92. The van der Waals surface area contributed by atoms with E-state index in [1.165, 1.54) is 11.8 Å². The van der Waals surface area contributed by atoms with Crippen molar-refractivity contribution < 1.29 is 5.21 Å². The van der Waals surface area contributed by atoms with Gasteiger partial charge in [0, 0.05) is 0 Å². The fourth-order valence-corrected chi connectivity index (χ4v) is 0.530. The van der Waals surface area contributed by atoms with Crippen LogP contribution in [-0.4, -0.2) is 23.1 Å². The van der Waals surface area contributed by atoms with Crippen LogP contribution >= 0.6 is 11.8 Å². The summed E-state index contributed by atoms with van der Waals surface area (Å²) in [7, 11) is 0. The molecule has 4 heteroatoms. The minimum Gasteiger partial charge on any atom is -0.409 e. The zero-order chi connectivity index (χ0) is 5.70. The summed E-state index contributed by atoms with van der Waals surface area (Å²) in [5, 5.41) is 10.7. The molecule has 0 heterocycles. The standard InChI is InChI=1S/C3H8N2OS/c1-7-2-3(4)5-6/h6H,2H2,1H3,(H2,4,5). The Bertz CT molecular complexity index is 73.3. The molecular formula is C3H8N2OS. The van der Waals surface area contributed by atoms with Crippen molar-refractivity contribution in [3.8, 4) is 0 Å². The second-order valence-corrected chi connectivity index (χ2v) is 1.89. The lowest BCUT2D eigenvalue weighted by atomic mass is 10.7. The first-order chi connectivity index (χ1) is 3.31. The van der Waals surface area contributed by atoms with Crippen molar-refractivity contribution in [2.45, 2.75) is 0 Å². The molecule has 0 radical (unpaired) electrons. The van der Waals surface area contributed by atoms with Crippen LogP contribution in [0.3, 0.4) is 0 Å². The van der Waals surface area contributed by atoms with Gasteiger partial charge in [0.2, 0.25) is 0 Å². The van der Waals surface area contributed by atoms with Gasteiger partial charge in [0.1, 0.15) is 5.84 Å². The van der Waals surface area contributed by atoms with E-state index in [4.69, 9.17) is 10.9 Å². The topological polar surface area (TPSA) is 58.6 Å². The van der Waals surface area contributed by atoms with E-state index in [2.05, 4.69) is 5.16 Å². The molecule has 3 N–H and O–H groups in total. The molecule has 0 unspecified atom stereocenters. The molecule has 0 aromatic carbocycles. The van der Waals surface area contributed by atoms with E-state index < -0.39 is 0 Å². The van der Waals surface area contributed by atoms with Crippen LogP contribution in [0.4, 0.5) is 0 Å². The average molecular weight is 120 g/mol. The lowest BCUT2D eigenvalue weighted by molar-refractivity contribution is 0.318. The second-order valence-electron chi connectivity index (χ2n) is 1.02. The number of amidine groups is 1. The quantitative estimate of drug-likeness (QED) is 0.235. The first kappa shape index (κ1) is 6.62. The maximum atomic E-state index is 7.92. The SMILES string of the molecule is CSCC(N)=NO. The van der Waals surface area contributed by atoms with Gasteiger partial charge in [-0.3, -0.25) is 0 Å². The van der Waals surface area contributed by atoms with Crippen LogP contribution in [-0.2, 0) is 0 Å². The number of nitrogens with zero attached hydrogens (tertiary/aromatic N) is 1. The first-order valence-corrected chi connectivity index (χ1v) is 3.16. The van der Waals surface area contributed by atoms with Gasteiger partial charge in [0.25, 0.3) is 0 Å². The van der Waals surface area contributed by atoms with Crippen molar-refractivity contribution in [3.05, 3.63) is 0 Å². The van der Waals surface area contributed by atoms with E-state index in [9.17, 15) is 0 Å². The normalized spacial score (nSPS) is 11.9. The van der Waals surface area contributed by atoms with Gasteiger partial charge in [-0.15, -0.1) is 0 Å². The fourth-order valence-electron chi connectivity index (χ4n) is 0.177. The highest BCUT2D eigenvalue weighted by atomic mass is 32.2. The van der Waals surface area contributed by atoms with Gasteiger partial charge in [0.05, 0.1) is 5.75 Å². The molecule has 0 atom stereocenters. The fraction of sp³-hybridized carbons (Fsp3) is 0.667. The Kier molecular flexibility index (Phi) is 3.59. The summed E-state index contributed by atoms with van der Waals surface area (Å²) in [5.41, 5.74) is 5.06. The highest BCUT2D eigenvalue weighted by Crippen LogP contribution is 1.87. The highest BCUT2D eigenvalue weighted by Gasteiger charge is 1.85. The molecular weight excluding hydrogens is 112 g/mol. The summed E-state index contributed by atoms with van der Waals surface area (Å²) in [6.07, 6.45) is 1.89. The van der Waals surface area contributed by atoms with Gasteiger partial charge >= 0.3 is 0 Å². The summed E-state index contributed by atoms with van der Waals surface area (Å²) < 4.78 is 0. The lowest BCUT2D eigenvalue weighted by Gasteiger charge is -1.88. The average Bonchev–Trinajstić information content (AvgIpc) is 1.68. The Morgan fingerprint density at radius 2 is 2.57 bits per heavy atom. The van der Waals surface area contributed by atoms with Crippen LogP contribution in [0, 0.1) is 0 Å². The third kappa shape index (κ3) is 3.45. The molecule has 7 heavy (non-hydrogen) atoms. The molecule has 0 aliphatic heterocycles. The van der Waals surface area contributed by atoms with E-state index in [1.807, 2.05) is 6.26 Å². The van der Waals surface area contributed by atoms with Crippen molar-refractivity contribution in [2.75, 3.05) is 12.0 Å². The number of hydrogen-bond donors (Lipinski definition) is 2. The molecule has 42 valence electrons. The zero-order valence-corrected chi connectivity index (χ0v) is 4.90. The van der Waals surface area contributed by atoms with Crippen molar-refractivity contribution in [3.63, 3.8) is 0 Å². The summed E-state index contributed by atoms with van der Waals surface area (Å²) in [6, 6.07) is 0. The van der Waals surface area contributed by atoms with Crippen LogP contribution in [0.25, 0.3) is 0 Å². The van der Waals surface area contributed by atoms with Crippen LogP contribution in [0.2, 0.25) is 0 Å². The molecule has 0 aliphatic carbocycles. The summed E-state index contributed by atoms with van der Waals surface area (Å²) in [6.45, 7) is 0. The second kappa shape index (κ2) is 3.80. The van der Waals surface area contributed by atoms with Gasteiger partial charge in [-0.1, -0.05) is 5.16 Å². The van der Waals surface area contributed by atoms with Crippen LogP contribution in [0.5, 0.6) is 0 Å². The number of oxime groups is 1. The van der Waals surface area contributed by atoms with E-state index in [0.29, 0.717) is 5.75 Å². The van der Waals surface area contributed by atoms with E-state index in [0.717, 1.165) is 0 Å². The molecule has 0 saturated carbocycles. The molecule has 0 aliphatic rings. The summed E-state index contributed by atoms with van der Waals surface area (Å²) >= 11 is 1.52. The lowest BCUT2D eigenvalue weighted by Crippen LogP contribution is -2.13. The van der Waals surface area contributed by atoms with Gasteiger partial charge in [0.15, 0.2) is 0 Å². The molecule has 0 rings (SSSR count). The number of rotatable bonds is 2.